The van der Waals surface area contributed by atoms with Crippen LogP contribution in [0.15, 0.2) is 48.5 Å². The molecule has 5 aromatic rings. The van der Waals surface area contributed by atoms with Crippen LogP contribution in [0.2, 0.25) is 5.02 Å². The average Bonchev–Trinajstić information content (AvgIpc) is 3.51. The third-order valence-electron chi connectivity index (χ3n) is 9.03. The lowest BCUT2D eigenvalue weighted by Gasteiger charge is -2.21. The lowest BCUT2D eigenvalue weighted by Crippen LogP contribution is -2.28. The molecule has 0 amide bonds. The third-order valence-corrected chi connectivity index (χ3v) is 9.34. The molecule has 1 N–H and O–H groups in total. The van der Waals surface area contributed by atoms with Crippen LogP contribution in [0.25, 0.3) is 32.8 Å². The largest absolute Gasteiger partial charge is 0.493 e. The predicted molar refractivity (Wildman–Crippen MR) is 180 cm³/mol. The first-order valence-corrected chi connectivity index (χ1v) is 16.3. The summed E-state index contributed by atoms with van der Waals surface area (Å²) >= 11 is 7.07. The fraction of sp³-hybridized carbons (Fsp3) is 0.389. The molecule has 0 spiro atoms. The molecule has 6 rings (SSSR count). The molecule has 46 heavy (non-hydrogen) atoms. The van der Waals surface area contributed by atoms with Crippen molar-refractivity contribution < 1.29 is 23.8 Å². The van der Waals surface area contributed by atoms with Crippen molar-refractivity contribution in [2.75, 3.05) is 33.4 Å². The topological polar surface area (TPSA) is 81.8 Å². The maximum atomic E-state index is 13.8. The summed E-state index contributed by atoms with van der Waals surface area (Å²) in [4.78, 5) is 15.4. The molecule has 0 saturated heterocycles. The van der Waals surface area contributed by atoms with Crippen LogP contribution >= 0.6 is 11.6 Å². The summed E-state index contributed by atoms with van der Waals surface area (Å²) in [6.07, 6.45) is 3.58. The highest BCUT2D eigenvalue weighted by Gasteiger charge is 2.29. The van der Waals surface area contributed by atoms with Crippen LogP contribution in [-0.2, 0) is 37.7 Å². The van der Waals surface area contributed by atoms with Crippen LogP contribution in [-0.4, -0.2) is 63.7 Å². The van der Waals surface area contributed by atoms with E-state index >= 15 is 0 Å². The number of aromatic nitrogens is 3. The highest BCUT2D eigenvalue weighted by molar-refractivity contribution is 6.35. The standard InChI is InChI=1S/C36H40ClFN4O4/c1-4-30-33-29(39-40(30)2)22-41(18-20-45-3)16-5-6-17-42-34-27(14-15-28(37)32(33)34)26(35(42)36(43)44)10-8-19-46-31-11-7-9-23-21-24(38)12-13-25(23)31/h7,9,11-15,21H,4-6,8,10,16-20,22H2,1-3H3,(H,43,44). The van der Waals surface area contributed by atoms with E-state index in [1.54, 1.807) is 13.2 Å². The number of hydrogen-bond donors (Lipinski definition) is 1. The Bertz CT molecular complexity index is 1900. The number of benzene rings is 3. The Morgan fingerprint density at radius 1 is 1.07 bits per heavy atom. The number of fused-ring (bicyclic) bond motifs is 3. The number of hydrogen-bond acceptors (Lipinski definition) is 5. The second-order valence-electron chi connectivity index (χ2n) is 11.9. The molecule has 3 aromatic carbocycles. The van der Waals surface area contributed by atoms with Crippen LogP contribution in [0, 0.1) is 5.82 Å². The van der Waals surface area contributed by atoms with Gasteiger partial charge in [-0.2, -0.15) is 5.10 Å². The Balaban J connectivity index is 1.42. The van der Waals surface area contributed by atoms with E-state index in [1.807, 2.05) is 46.6 Å². The summed E-state index contributed by atoms with van der Waals surface area (Å²) in [7, 11) is 3.68. The monoisotopic (exact) mass is 646 g/mol. The van der Waals surface area contributed by atoms with Crippen molar-refractivity contribution in [3.05, 3.63) is 82.0 Å². The zero-order valence-electron chi connectivity index (χ0n) is 26.6. The molecule has 8 nitrogen and oxygen atoms in total. The Hall–Kier alpha value is -3.92. The van der Waals surface area contributed by atoms with E-state index in [-0.39, 0.29) is 5.82 Å². The van der Waals surface area contributed by atoms with Gasteiger partial charge in [-0.1, -0.05) is 36.7 Å². The molecule has 1 aliphatic heterocycles. The number of rotatable bonds is 10. The van der Waals surface area contributed by atoms with E-state index < -0.39 is 5.97 Å². The Morgan fingerprint density at radius 3 is 2.65 bits per heavy atom. The SMILES string of the molecule is CCc1c2c(nn1C)CN(CCOC)CCCCn1c(C(=O)O)c(CCCOc3cccc4cc(F)ccc34)c3ccc(Cl)c-2c31. The molecule has 0 atom stereocenters. The van der Waals surface area contributed by atoms with Crippen molar-refractivity contribution in [1.82, 2.24) is 19.2 Å². The summed E-state index contributed by atoms with van der Waals surface area (Å²) in [6.45, 7) is 5.95. The molecule has 10 heteroatoms. The van der Waals surface area contributed by atoms with E-state index in [9.17, 15) is 14.3 Å². The molecule has 242 valence electrons. The minimum absolute atomic E-state index is 0.291. The fourth-order valence-corrected chi connectivity index (χ4v) is 7.21. The van der Waals surface area contributed by atoms with Crippen molar-refractivity contribution in [3.63, 3.8) is 0 Å². The van der Waals surface area contributed by atoms with Gasteiger partial charge in [0.05, 0.1) is 29.4 Å². The number of ether oxygens (including phenoxy) is 2. The molecule has 0 fully saturated rings. The summed E-state index contributed by atoms with van der Waals surface area (Å²) < 4.78 is 29.3. The third kappa shape index (κ3) is 6.11. The van der Waals surface area contributed by atoms with Crippen LogP contribution in [0.1, 0.15) is 53.6 Å². The number of carbonyl (C=O) groups is 1. The number of aryl methyl sites for hydroxylation is 3. The van der Waals surface area contributed by atoms with Crippen LogP contribution in [0.3, 0.4) is 0 Å². The highest BCUT2D eigenvalue weighted by Crippen LogP contribution is 2.43. The second-order valence-corrected chi connectivity index (χ2v) is 12.3. The first-order valence-electron chi connectivity index (χ1n) is 16.0. The number of carboxylic acids is 1. The molecular weight excluding hydrogens is 607 g/mol. The van der Waals surface area contributed by atoms with Gasteiger partial charge in [0, 0.05) is 61.4 Å². The Labute approximate surface area is 273 Å². The Kier molecular flexibility index (Phi) is 9.63. The normalized spacial score (nSPS) is 14.0. The van der Waals surface area contributed by atoms with Crippen molar-refractivity contribution in [2.45, 2.75) is 52.1 Å². The second kappa shape index (κ2) is 13.8. The fourth-order valence-electron chi connectivity index (χ4n) is 6.97. The Morgan fingerprint density at radius 2 is 1.87 bits per heavy atom. The maximum Gasteiger partial charge on any atom is 0.352 e. The van der Waals surface area contributed by atoms with Crippen molar-refractivity contribution >= 4 is 39.2 Å². The number of aromatic carboxylic acids is 1. The van der Waals surface area contributed by atoms with Gasteiger partial charge in [0.1, 0.15) is 17.3 Å². The smallest absolute Gasteiger partial charge is 0.352 e. The van der Waals surface area contributed by atoms with Gasteiger partial charge in [-0.3, -0.25) is 9.58 Å². The van der Waals surface area contributed by atoms with Crippen LogP contribution in [0.5, 0.6) is 5.75 Å². The van der Waals surface area contributed by atoms with E-state index in [0.29, 0.717) is 55.6 Å². The van der Waals surface area contributed by atoms with Gasteiger partial charge in [0.15, 0.2) is 0 Å². The average molecular weight is 647 g/mol. The zero-order chi connectivity index (χ0) is 32.4. The highest BCUT2D eigenvalue weighted by atomic mass is 35.5. The minimum atomic E-state index is -0.955. The quantitative estimate of drug-likeness (QED) is 0.158. The summed E-state index contributed by atoms with van der Waals surface area (Å²) in [6, 6.07) is 14.1. The van der Waals surface area contributed by atoms with Gasteiger partial charge >= 0.3 is 5.97 Å². The summed E-state index contributed by atoms with van der Waals surface area (Å²) in [5, 5.41) is 18.7. The van der Waals surface area contributed by atoms with Gasteiger partial charge in [-0.05, 0) is 79.9 Å². The first kappa shape index (κ1) is 32.0. The van der Waals surface area contributed by atoms with E-state index in [4.69, 9.17) is 26.2 Å². The summed E-state index contributed by atoms with van der Waals surface area (Å²) in [5.41, 5.74) is 5.77. The molecule has 1 aliphatic rings. The number of nitrogens with zero attached hydrogens (tertiary/aromatic N) is 4. The van der Waals surface area contributed by atoms with Gasteiger partial charge in [-0.25, -0.2) is 9.18 Å². The van der Waals surface area contributed by atoms with E-state index in [0.717, 1.165) is 82.1 Å². The molecule has 0 saturated carbocycles. The van der Waals surface area contributed by atoms with E-state index in [2.05, 4.69) is 11.8 Å². The van der Waals surface area contributed by atoms with Gasteiger partial charge in [0.2, 0.25) is 0 Å². The lowest BCUT2D eigenvalue weighted by molar-refractivity contribution is 0.0684. The van der Waals surface area contributed by atoms with Crippen molar-refractivity contribution in [2.24, 2.45) is 7.05 Å². The first-order chi connectivity index (χ1) is 22.3. The van der Waals surface area contributed by atoms with Crippen LogP contribution < -0.4 is 4.74 Å². The molecule has 0 radical (unpaired) electrons. The van der Waals surface area contributed by atoms with Crippen molar-refractivity contribution in [3.8, 4) is 16.9 Å². The molecule has 0 unspecified atom stereocenters. The minimum Gasteiger partial charge on any atom is -0.493 e. The van der Waals surface area contributed by atoms with Gasteiger partial charge < -0.3 is 19.1 Å². The molecule has 0 aliphatic carbocycles. The van der Waals surface area contributed by atoms with E-state index in [1.165, 1.54) is 12.1 Å². The molecule has 0 bridgehead atoms. The lowest BCUT2D eigenvalue weighted by atomic mass is 9.97. The van der Waals surface area contributed by atoms with Crippen LogP contribution in [0.4, 0.5) is 4.39 Å². The number of halogens is 2. The summed E-state index contributed by atoms with van der Waals surface area (Å²) in [5.74, 6) is -0.567. The van der Waals surface area contributed by atoms with Gasteiger partial charge in [0.25, 0.3) is 0 Å². The molecule has 3 heterocycles. The predicted octanol–water partition coefficient (Wildman–Crippen LogP) is 7.50. The number of methoxy groups -OCH3 is 1. The molecular formula is C36H40ClFN4O4. The zero-order valence-corrected chi connectivity index (χ0v) is 27.4. The maximum absolute atomic E-state index is 13.8. The van der Waals surface area contributed by atoms with Gasteiger partial charge in [-0.15, -0.1) is 0 Å². The number of carboxylic acid groups (broad SMARTS) is 1. The molecule has 2 aromatic heterocycles. The van der Waals surface area contributed by atoms with Crippen molar-refractivity contribution in [1.29, 1.82) is 0 Å².